The molecule has 0 fully saturated rings. The summed E-state index contributed by atoms with van der Waals surface area (Å²) in [5.74, 6) is 0. The van der Waals surface area contributed by atoms with E-state index in [-0.39, 0.29) is 6.04 Å². The molecule has 0 N–H and O–H groups in total. The predicted octanol–water partition coefficient (Wildman–Crippen LogP) is 11.8. The fraction of sp³-hybridized carbons (Fsp3) is 0.109. The molecular weight excluding hydrogens is 581 g/mol. The van der Waals surface area contributed by atoms with E-state index in [9.17, 15) is 0 Å². The largest absolute Gasteiger partial charge is 0.310 e. The molecule has 7 aromatic carbocycles. The zero-order chi connectivity index (χ0) is 32.8. The molecule has 0 atom stereocenters. The highest BCUT2D eigenvalue weighted by Gasteiger charge is 2.25. The van der Waals surface area contributed by atoms with Gasteiger partial charge in [-0.15, -0.1) is 0 Å². The molecule has 0 radical (unpaired) electrons. The van der Waals surface area contributed by atoms with Gasteiger partial charge in [0.1, 0.15) is 0 Å². The Bertz CT molecular complexity index is 2190. The molecule has 2 heteroatoms. The van der Waals surface area contributed by atoms with Gasteiger partial charge in [-0.1, -0.05) is 102 Å². The van der Waals surface area contributed by atoms with Crippen molar-refractivity contribution >= 4 is 49.4 Å². The van der Waals surface area contributed by atoms with Crippen LogP contribution in [-0.4, -0.2) is 0 Å². The van der Waals surface area contributed by atoms with Gasteiger partial charge in [-0.3, -0.25) is 0 Å². The van der Waals surface area contributed by atoms with Gasteiger partial charge in [0, 0.05) is 39.6 Å². The highest BCUT2D eigenvalue weighted by molar-refractivity contribution is 6.25. The maximum absolute atomic E-state index is 2.40. The molecule has 0 bridgehead atoms. The maximum Gasteiger partial charge on any atom is 0.208 e. The Morgan fingerprint density at radius 2 is 0.875 bits per heavy atom. The average molecular weight is 620 g/mol. The first-order valence-corrected chi connectivity index (χ1v) is 16.8. The van der Waals surface area contributed by atoms with E-state index in [1.807, 2.05) is 0 Å². The minimum absolute atomic E-state index is 0.0586. The number of nitrogens with zero attached hydrogens (tertiary/aromatic N) is 2. The Labute approximate surface area is 283 Å². The molecule has 48 heavy (non-hydrogen) atoms. The third-order valence-electron chi connectivity index (χ3n) is 9.57. The molecule has 0 aliphatic heterocycles. The van der Waals surface area contributed by atoms with Gasteiger partial charge in [-0.25, -0.2) is 0 Å². The molecule has 0 aliphatic rings. The van der Waals surface area contributed by atoms with E-state index >= 15 is 0 Å². The lowest BCUT2D eigenvalue weighted by molar-refractivity contribution is -0.703. The van der Waals surface area contributed by atoms with Gasteiger partial charge in [-0.2, -0.15) is 4.57 Å². The molecule has 1 aromatic heterocycles. The summed E-state index contributed by atoms with van der Waals surface area (Å²) in [6.07, 6.45) is 4.64. The topological polar surface area (TPSA) is 7.12 Å². The Hall–Kier alpha value is -5.73. The fourth-order valence-corrected chi connectivity index (χ4v) is 7.40. The Kier molecular flexibility index (Phi) is 7.50. The van der Waals surface area contributed by atoms with Crippen LogP contribution in [0.5, 0.6) is 0 Å². The van der Waals surface area contributed by atoms with Crippen LogP contribution in [0.3, 0.4) is 0 Å². The van der Waals surface area contributed by atoms with Crippen LogP contribution in [0.15, 0.2) is 158 Å². The number of aryl methyl sites for hydroxylation is 4. The average Bonchev–Trinajstić information content (AvgIpc) is 3.09. The van der Waals surface area contributed by atoms with Gasteiger partial charge in [0.25, 0.3) is 0 Å². The number of fused-ring (bicyclic) bond motifs is 6. The zero-order valence-electron chi connectivity index (χ0n) is 28.0. The van der Waals surface area contributed by atoms with Gasteiger partial charge in [0.2, 0.25) is 6.04 Å². The minimum atomic E-state index is 0.0586. The predicted molar refractivity (Wildman–Crippen MR) is 203 cm³/mol. The molecule has 232 valence electrons. The van der Waals surface area contributed by atoms with Crippen LogP contribution >= 0.6 is 0 Å². The summed E-state index contributed by atoms with van der Waals surface area (Å²) in [6, 6.07) is 53.6. The van der Waals surface area contributed by atoms with E-state index in [1.165, 1.54) is 65.7 Å². The lowest BCUT2D eigenvalue weighted by atomic mass is 9.93. The first kappa shape index (κ1) is 29.7. The molecule has 0 spiro atoms. The van der Waals surface area contributed by atoms with E-state index in [0.29, 0.717) is 0 Å². The summed E-state index contributed by atoms with van der Waals surface area (Å²) >= 11 is 0. The SMILES string of the molecule is Cc1cccc(C(c2cccc(C)c2)[n+]2ccc3c4ccc(N(c5cccc(C)c5)c5cccc(C)c5)cc4c4ccccc4c3c2)c1. The molecule has 1 heterocycles. The Balaban J connectivity index is 1.36. The second kappa shape index (κ2) is 12.1. The first-order valence-electron chi connectivity index (χ1n) is 16.8. The van der Waals surface area contributed by atoms with Crippen LogP contribution < -0.4 is 9.47 Å². The lowest BCUT2D eigenvalue weighted by Crippen LogP contribution is -2.40. The summed E-state index contributed by atoms with van der Waals surface area (Å²) in [6.45, 7) is 8.67. The van der Waals surface area contributed by atoms with Crippen LogP contribution in [-0.2, 0) is 0 Å². The number of hydrogen-bond donors (Lipinski definition) is 0. The standard InChI is InChI=1S/C46H39N2/c1-31-11-7-15-35(25-31)46(36-16-8-12-32(2)26-36)47-24-23-43-42-22-21-39(29-44(42)40-19-5-6-20-41(40)45(43)30-47)48(37-17-9-13-33(3)27-37)38-18-10-14-34(4)28-38/h5-30,46H,1-4H3/q+1. The normalized spacial score (nSPS) is 11.5. The molecule has 8 aromatic rings. The number of hydrogen-bond acceptors (Lipinski definition) is 1. The van der Waals surface area contributed by atoms with Crippen LogP contribution in [0.2, 0.25) is 0 Å². The summed E-state index contributed by atoms with van der Waals surface area (Å²) in [4.78, 5) is 2.38. The molecule has 0 saturated carbocycles. The van der Waals surface area contributed by atoms with Crippen molar-refractivity contribution < 1.29 is 4.57 Å². The smallest absolute Gasteiger partial charge is 0.208 e. The van der Waals surface area contributed by atoms with Crippen molar-refractivity contribution in [2.45, 2.75) is 33.7 Å². The van der Waals surface area contributed by atoms with E-state index in [0.717, 1.165) is 17.1 Å². The maximum atomic E-state index is 2.40. The van der Waals surface area contributed by atoms with E-state index in [1.54, 1.807) is 0 Å². The number of aromatic nitrogens is 1. The van der Waals surface area contributed by atoms with E-state index in [2.05, 4.69) is 195 Å². The first-order chi connectivity index (χ1) is 23.4. The molecular formula is C46H39N2+. The monoisotopic (exact) mass is 619 g/mol. The van der Waals surface area contributed by atoms with Gasteiger partial charge in [0.15, 0.2) is 12.4 Å². The van der Waals surface area contributed by atoms with Crippen LogP contribution in [0.25, 0.3) is 32.3 Å². The van der Waals surface area contributed by atoms with Crippen molar-refractivity contribution in [2.75, 3.05) is 4.90 Å². The van der Waals surface area contributed by atoms with Crippen molar-refractivity contribution in [3.63, 3.8) is 0 Å². The van der Waals surface area contributed by atoms with Gasteiger partial charge in [-0.05, 0) is 109 Å². The van der Waals surface area contributed by atoms with Gasteiger partial charge < -0.3 is 4.90 Å². The Morgan fingerprint density at radius 3 is 1.44 bits per heavy atom. The van der Waals surface area contributed by atoms with Crippen LogP contribution in [0, 0.1) is 27.7 Å². The summed E-state index contributed by atoms with van der Waals surface area (Å²) < 4.78 is 2.40. The molecule has 0 amide bonds. The summed E-state index contributed by atoms with van der Waals surface area (Å²) in [7, 11) is 0. The zero-order valence-corrected chi connectivity index (χ0v) is 28.0. The lowest BCUT2D eigenvalue weighted by Gasteiger charge is -2.27. The van der Waals surface area contributed by atoms with Crippen LogP contribution in [0.1, 0.15) is 39.4 Å². The van der Waals surface area contributed by atoms with Crippen molar-refractivity contribution in [3.8, 4) is 0 Å². The molecule has 0 saturated heterocycles. The second-order valence-electron chi connectivity index (χ2n) is 13.2. The molecule has 8 rings (SSSR count). The Morgan fingerprint density at radius 1 is 0.396 bits per heavy atom. The highest BCUT2D eigenvalue weighted by Crippen LogP contribution is 2.41. The molecule has 0 unspecified atom stereocenters. The van der Waals surface area contributed by atoms with Crippen molar-refractivity contribution in [1.82, 2.24) is 0 Å². The summed E-state index contributed by atoms with van der Waals surface area (Å²) in [5.41, 5.74) is 11.0. The number of benzene rings is 7. The molecule has 0 aliphatic carbocycles. The second-order valence-corrected chi connectivity index (χ2v) is 13.2. The van der Waals surface area contributed by atoms with Gasteiger partial charge in [0.05, 0.1) is 5.39 Å². The third-order valence-corrected chi connectivity index (χ3v) is 9.57. The van der Waals surface area contributed by atoms with Crippen LogP contribution in [0.4, 0.5) is 17.1 Å². The van der Waals surface area contributed by atoms with Crippen molar-refractivity contribution in [2.24, 2.45) is 0 Å². The van der Waals surface area contributed by atoms with E-state index in [4.69, 9.17) is 0 Å². The minimum Gasteiger partial charge on any atom is -0.310 e. The number of rotatable bonds is 6. The quantitative estimate of drug-likeness (QED) is 0.133. The number of anilines is 3. The number of pyridine rings is 1. The van der Waals surface area contributed by atoms with E-state index < -0.39 is 0 Å². The molecule has 2 nitrogen and oxygen atoms in total. The summed E-state index contributed by atoms with van der Waals surface area (Å²) in [5, 5.41) is 7.56. The van der Waals surface area contributed by atoms with Crippen molar-refractivity contribution in [1.29, 1.82) is 0 Å². The third kappa shape index (κ3) is 5.40. The van der Waals surface area contributed by atoms with Crippen molar-refractivity contribution in [3.05, 3.63) is 191 Å². The highest BCUT2D eigenvalue weighted by atomic mass is 15.1. The fourth-order valence-electron chi connectivity index (χ4n) is 7.40. The van der Waals surface area contributed by atoms with Gasteiger partial charge >= 0.3 is 0 Å².